The van der Waals surface area contributed by atoms with Crippen molar-refractivity contribution in [3.05, 3.63) is 51.9 Å². The summed E-state index contributed by atoms with van der Waals surface area (Å²) in [7, 11) is 0. The summed E-state index contributed by atoms with van der Waals surface area (Å²) in [6.07, 6.45) is 3.72. The number of azide groups is 1. The van der Waals surface area contributed by atoms with Crippen molar-refractivity contribution in [3.8, 4) is 0 Å². The number of halogens is 1. The number of hydrogen-bond acceptors (Lipinski definition) is 1. The van der Waals surface area contributed by atoms with Crippen molar-refractivity contribution < 1.29 is 0 Å². The van der Waals surface area contributed by atoms with Gasteiger partial charge in [-0.15, -0.1) is 11.6 Å². The van der Waals surface area contributed by atoms with Crippen molar-refractivity contribution in [2.24, 2.45) is 5.11 Å². The van der Waals surface area contributed by atoms with Crippen molar-refractivity contribution in [1.29, 1.82) is 0 Å². The average molecular weight is 208 g/mol. The molecule has 4 heteroatoms. The second-order valence-corrected chi connectivity index (χ2v) is 2.96. The molecule has 0 bridgehead atoms. The third-order valence-electron chi connectivity index (χ3n) is 1.67. The van der Waals surface area contributed by atoms with E-state index in [1.54, 1.807) is 0 Å². The Morgan fingerprint density at radius 1 is 1.50 bits per heavy atom. The Labute approximate surface area is 87.6 Å². The van der Waals surface area contributed by atoms with Crippen LogP contribution in [0.4, 0.5) is 0 Å². The first-order valence-electron chi connectivity index (χ1n) is 4.19. The van der Waals surface area contributed by atoms with Crippen molar-refractivity contribution in [3.63, 3.8) is 0 Å². The minimum absolute atomic E-state index is 0.377. The lowest BCUT2D eigenvalue weighted by Crippen LogP contribution is -1.79. The van der Waals surface area contributed by atoms with E-state index in [-0.39, 0.29) is 0 Å². The largest absolute Gasteiger partial charge is 0.122 e. The van der Waals surface area contributed by atoms with Crippen LogP contribution in [0.3, 0.4) is 0 Å². The standard InChI is InChI=1S/C10H10ClN3/c11-8-10-4-1-3-9(7-10)5-2-6-13-14-12/h1-5,7H,6,8H2. The molecule has 0 fully saturated rings. The molecule has 0 amide bonds. The fraction of sp³-hybridized carbons (Fsp3) is 0.200. The molecule has 0 aliphatic carbocycles. The molecular weight excluding hydrogens is 198 g/mol. The van der Waals surface area contributed by atoms with Crippen molar-refractivity contribution >= 4 is 17.7 Å². The Hall–Kier alpha value is -1.44. The molecule has 1 aromatic rings. The van der Waals surface area contributed by atoms with Gasteiger partial charge in [0.25, 0.3) is 0 Å². The summed E-state index contributed by atoms with van der Waals surface area (Å²) in [4.78, 5) is 2.65. The van der Waals surface area contributed by atoms with E-state index in [4.69, 9.17) is 17.1 Å². The number of hydrogen-bond donors (Lipinski definition) is 0. The van der Waals surface area contributed by atoms with Gasteiger partial charge in [-0.3, -0.25) is 0 Å². The molecule has 3 nitrogen and oxygen atoms in total. The molecule has 0 radical (unpaired) electrons. The number of alkyl halides is 1. The van der Waals surface area contributed by atoms with Gasteiger partial charge in [-0.1, -0.05) is 41.5 Å². The lowest BCUT2D eigenvalue weighted by molar-refractivity contribution is 1.22. The maximum Gasteiger partial charge on any atom is 0.0474 e. The third-order valence-corrected chi connectivity index (χ3v) is 1.97. The van der Waals surface area contributed by atoms with Gasteiger partial charge in [0.05, 0.1) is 0 Å². The van der Waals surface area contributed by atoms with Crippen LogP contribution in [0.1, 0.15) is 11.1 Å². The summed E-state index contributed by atoms with van der Waals surface area (Å²) in [6.45, 7) is 0.377. The fourth-order valence-corrected chi connectivity index (χ4v) is 1.22. The first-order chi connectivity index (χ1) is 6.86. The van der Waals surface area contributed by atoms with E-state index in [0.717, 1.165) is 11.1 Å². The summed E-state index contributed by atoms with van der Waals surface area (Å²) in [5.74, 6) is 0.512. The van der Waals surface area contributed by atoms with Crippen LogP contribution in [0, 0.1) is 0 Å². The predicted molar refractivity (Wildman–Crippen MR) is 59.0 cm³/mol. The molecule has 0 spiro atoms. The summed E-state index contributed by atoms with van der Waals surface area (Å²) in [5, 5.41) is 3.40. The van der Waals surface area contributed by atoms with Crippen LogP contribution in [-0.2, 0) is 5.88 Å². The minimum atomic E-state index is 0.377. The molecule has 0 N–H and O–H groups in total. The lowest BCUT2D eigenvalue weighted by Gasteiger charge is -1.96. The molecule has 0 aliphatic rings. The summed E-state index contributed by atoms with van der Waals surface area (Å²) in [6, 6.07) is 7.89. The highest BCUT2D eigenvalue weighted by Gasteiger charge is 1.90. The normalized spacial score (nSPS) is 10.1. The minimum Gasteiger partial charge on any atom is -0.122 e. The van der Waals surface area contributed by atoms with E-state index in [1.807, 2.05) is 36.4 Å². The Bertz CT molecular complexity index is 367. The summed E-state index contributed by atoms with van der Waals surface area (Å²) >= 11 is 5.69. The van der Waals surface area contributed by atoms with Gasteiger partial charge in [0.15, 0.2) is 0 Å². The maximum atomic E-state index is 8.05. The molecule has 0 saturated carbocycles. The number of benzene rings is 1. The Kier molecular flexibility index (Phi) is 4.62. The van der Waals surface area contributed by atoms with Gasteiger partial charge in [0, 0.05) is 17.3 Å². The predicted octanol–water partition coefficient (Wildman–Crippen LogP) is 3.75. The zero-order valence-corrected chi connectivity index (χ0v) is 8.35. The Balaban J connectivity index is 2.66. The average Bonchev–Trinajstić information content (AvgIpc) is 2.25. The molecule has 0 unspecified atom stereocenters. The zero-order valence-electron chi connectivity index (χ0n) is 7.60. The van der Waals surface area contributed by atoms with E-state index in [2.05, 4.69) is 10.0 Å². The van der Waals surface area contributed by atoms with Gasteiger partial charge in [-0.2, -0.15) is 0 Å². The van der Waals surface area contributed by atoms with E-state index in [0.29, 0.717) is 12.4 Å². The number of nitrogens with zero attached hydrogens (tertiary/aromatic N) is 3. The van der Waals surface area contributed by atoms with Gasteiger partial charge >= 0.3 is 0 Å². The van der Waals surface area contributed by atoms with Gasteiger partial charge < -0.3 is 0 Å². The molecule has 0 aromatic heterocycles. The summed E-state index contributed by atoms with van der Waals surface area (Å²) in [5.41, 5.74) is 10.2. The molecule has 0 heterocycles. The molecule has 1 rings (SSSR count). The van der Waals surface area contributed by atoms with Crippen LogP contribution in [0.25, 0.3) is 16.5 Å². The van der Waals surface area contributed by atoms with E-state index in [1.165, 1.54) is 0 Å². The SMILES string of the molecule is [N-]=[N+]=NCC=Cc1cccc(CCl)c1. The second kappa shape index (κ2) is 6.08. The monoisotopic (exact) mass is 207 g/mol. The lowest BCUT2D eigenvalue weighted by atomic mass is 10.1. The van der Waals surface area contributed by atoms with Gasteiger partial charge in [0.2, 0.25) is 0 Å². The Morgan fingerprint density at radius 2 is 2.36 bits per heavy atom. The first-order valence-corrected chi connectivity index (χ1v) is 4.72. The topological polar surface area (TPSA) is 48.8 Å². The highest BCUT2D eigenvalue weighted by molar-refractivity contribution is 6.17. The fourth-order valence-electron chi connectivity index (χ4n) is 1.05. The van der Waals surface area contributed by atoms with Gasteiger partial charge in [0.1, 0.15) is 0 Å². The van der Waals surface area contributed by atoms with Crippen molar-refractivity contribution in [2.45, 2.75) is 5.88 Å². The highest BCUT2D eigenvalue weighted by Crippen LogP contribution is 2.09. The van der Waals surface area contributed by atoms with Crippen LogP contribution in [0.2, 0.25) is 0 Å². The molecule has 0 saturated heterocycles. The van der Waals surface area contributed by atoms with E-state index in [9.17, 15) is 0 Å². The first kappa shape index (κ1) is 10.6. The Morgan fingerprint density at radius 3 is 3.07 bits per heavy atom. The highest BCUT2D eigenvalue weighted by atomic mass is 35.5. The molecule has 1 aromatic carbocycles. The van der Waals surface area contributed by atoms with Gasteiger partial charge in [-0.25, -0.2) is 0 Å². The van der Waals surface area contributed by atoms with Gasteiger partial charge in [-0.05, 0) is 16.7 Å². The third kappa shape index (κ3) is 3.52. The van der Waals surface area contributed by atoms with E-state index < -0.39 is 0 Å². The van der Waals surface area contributed by atoms with Crippen molar-refractivity contribution in [2.75, 3.05) is 6.54 Å². The molecule has 0 aliphatic heterocycles. The quantitative estimate of drug-likeness (QED) is 0.313. The molecule has 72 valence electrons. The van der Waals surface area contributed by atoms with Crippen LogP contribution >= 0.6 is 11.6 Å². The molecular formula is C10H10ClN3. The molecule has 0 atom stereocenters. The van der Waals surface area contributed by atoms with Crippen LogP contribution in [0.15, 0.2) is 35.5 Å². The second-order valence-electron chi connectivity index (χ2n) is 2.69. The summed E-state index contributed by atoms with van der Waals surface area (Å²) < 4.78 is 0. The zero-order chi connectivity index (χ0) is 10.2. The molecule has 14 heavy (non-hydrogen) atoms. The van der Waals surface area contributed by atoms with Crippen LogP contribution < -0.4 is 0 Å². The maximum absolute atomic E-state index is 8.05. The van der Waals surface area contributed by atoms with Crippen LogP contribution in [0.5, 0.6) is 0 Å². The van der Waals surface area contributed by atoms with Crippen LogP contribution in [-0.4, -0.2) is 6.54 Å². The van der Waals surface area contributed by atoms with E-state index >= 15 is 0 Å². The number of rotatable bonds is 4. The van der Waals surface area contributed by atoms with Crippen molar-refractivity contribution in [1.82, 2.24) is 0 Å². The smallest absolute Gasteiger partial charge is 0.0474 e.